The standard InChI is InChI=1S/2C30H32FN5O2/c2*1-18-27(35(4)34-33-18)21-16-24-26(32-17-21)22-10-11-23(30(2,3)37)25(31)29(22)36(24)28(19-8-6-5-7-9-19)20-12-14-38-15-13-20/h2*5-11,16-17,20,28,37H,12-15H2,1-4H3. The van der Waals surface area contributed by atoms with Gasteiger partial charge < -0.3 is 28.8 Å². The molecule has 2 aliphatic heterocycles. The average Bonchev–Trinajstić information content (AvgIpc) is 4.16. The molecule has 8 heterocycles. The summed E-state index contributed by atoms with van der Waals surface area (Å²) in [5, 5.41) is 39.9. The molecule has 392 valence electrons. The second kappa shape index (κ2) is 20.0. The van der Waals surface area contributed by atoms with Crippen LogP contribution in [0.2, 0.25) is 0 Å². The van der Waals surface area contributed by atoms with Gasteiger partial charge in [0.2, 0.25) is 0 Å². The Morgan fingerprint density at radius 1 is 0.553 bits per heavy atom. The summed E-state index contributed by atoms with van der Waals surface area (Å²) in [6, 6.07) is 31.6. The Morgan fingerprint density at radius 2 is 0.921 bits per heavy atom. The van der Waals surface area contributed by atoms with Crippen molar-refractivity contribution in [2.75, 3.05) is 26.4 Å². The van der Waals surface area contributed by atoms with Crippen molar-refractivity contribution < 1.29 is 28.5 Å². The lowest BCUT2D eigenvalue weighted by Crippen LogP contribution is -2.27. The second-order valence-corrected chi connectivity index (χ2v) is 21.6. The number of hydrogen-bond acceptors (Lipinski definition) is 10. The van der Waals surface area contributed by atoms with E-state index in [2.05, 4.69) is 66.2 Å². The van der Waals surface area contributed by atoms with Crippen molar-refractivity contribution in [3.8, 4) is 22.5 Å². The van der Waals surface area contributed by atoms with E-state index in [1.807, 2.05) is 88.9 Å². The van der Waals surface area contributed by atoms with Crippen molar-refractivity contribution >= 4 is 43.9 Å². The summed E-state index contributed by atoms with van der Waals surface area (Å²) >= 11 is 0. The van der Waals surface area contributed by atoms with E-state index in [1.54, 1.807) is 49.2 Å². The van der Waals surface area contributed by atoms with Gasteiger partial charge >= 0.3 is 0 Å². The van der Waals surface area contributed by atoms with E-state index >= 15 is 8.78 Å². The lowest BCUT2D eigenvalue weighted by atomic mass is 9.86. The lowest BCUT2D eigenvalue weighted by molar-refractivity contribution is 0.0550. The fourth-order valence-corrected chi connectivity index (χ4v) is 12.0. The van der Waals surface area contributed by atoms with Gasteiger partial charge in [-0.2, -0.15) is 0 Å². The summed E-state index contributed by atoms with van der Waals surface area (Å²) in [6.07, 6.45) is 7.09. The molecule has 6 aromatic heterocycles. The number of aliphatic hydroxyl groups is 2. The predicted molar refractivity (Wildman–Crippen MR) is 291 cm³/mol. The van der Waals surface area contributed by atoms with Gasteiger partial charge in [0, 0.05) is 85.9 Å². The Morgan fingerprint density at radius 3 is 1.25 bits per heavy atom. The first-order chi connectivity index (χ1) is 36.5. The molecule has 16 heteroatoms. The summed E-state index contributed by atoms with van der Waals surface area (Å²) in [4.78, 5) is 9.76. The molecular weight excluding hydrogens is 963 g/mol. The third-order valence-electron chi connectivity index (χ3n) is 15.6. The summed E-state index contributed by atoms with van der Waals surface area (Å²) in [5.41, 5.74) is 9.21. The molecule has 76 heavy (non-hydrogen) atoms. The van der Waals surface area contributed by atoms with Crippen LogP contribution in [0.5, 0.6) is 0 Å². The van der Waals surface area contributed by atoms with Crippen molar-refractivity contribution in [2.24, 2.45) is 25.9 Å². The van der Waals surface area contributed by atoms with Gasteiger partial charge in [0.15, 0.2) is 11.6 Å². The predicted octanol–water partition coefficient (Wildman–Crippen LogP) is 11.4. The molecule has 10 aromatic rings. The molecule has 0 aliphatic carbocycles. The van der Waals surface area contributed by atoms with Gasteiger partial charge in [0.25, 0.3) is 0 Å². The van der Waals surface area contributed by atoms with Crippen LogP contribution in [0.1, 0.15) is 99.1 Å². The zero-order valence-corrected chi connectivity index (χ0v) is 44.3. The van der Waals surface area contributed by atoms with Crippen LogP contribution < -0.4 is 0 Å². The van der Waals surface area contributed by atoms with E-state index < -0.39 is 22.8 Å². The van der Waals surface area contributed by atoms with E-state index in [0.29, 0.717) is 37.5 Å². The number of nitrogens with zero attached hydrogens (tertiary/aromatic N) is 10. The van der Waals surface area contributed by atoms with Crippen LogP contribution in [0.3, 0.4) is 0 Å². The molecule has 4 aromatic carbocycles. The zero-order chi connectivity index (χ0) is 53.2. The van der Waals surface area contributed by atoms with Crippen LogP contribution in [0.25, 0.3) is 66.4 Å². The molecule has 2 N–H and O–H groups in total. The fourth-order valence-electron chi connectivity index (χ4n) is 12.0. The summed E-state index contributed by atoms with van der Waals surface area (Å²) in [7, 11) is 3.72. The minimum absolute atomic E-state index is 0.144. The molecular formula is C60H64F2N10O4. The molecule has 2 saturated heterocycles. The van der Waals surface area contributed by atoms with Gasteiger partial charge in [0.1, 0.15) is 0 Å². The summed E-state index contributed by atoms with van der Waals surface area (Å²) in [6.45, 7) is 13.0. The molecule has 0 saturated carbocycles. The monoisotopic (exact) mass is 1030 g/mol. The maximum Gasteiger partial charge on any atom is 0.153 e. The molecule has 12 rings (SSSR count). The number of rotatable bonds is 10. The highest BCUT2D eigenvalue weighted by atomic mass is 19.1. The summed E-state index contributed by atoms with van der Waals surface area (Å²) in [5.74, 6) is -0.361. The smallest absolute Gasteiger partial charge is 0.153 e. The lowest BCUT2D eigenvalue weighted by Gasteiger charge is -2.33. The first kappa shape index (κ1) is 50.9. The topological polar surface area (TPSA) is 156 Å². The zero-order valence-electron chi connectivity index (χ0n) is 44.3. The highest BCUT2D eigenvalue weighted by molar-refractivity contribution is 6.08. The largest absolute Gasteiger partial charge is 0.386 e. The third kappa shape index (κ3) is 9.03. The third-order valence-corrected chi connectivity index (χ3v) is 15.6. The molecule has 0 bridgehead atoms. The maximum absolute atomic E-state index is 16.6. The number of benzene rings is 4. The second-order valence-electron chi connectivity index (χ2n) is 21.6. The number of hydrogen-bond donors (Lipinski definition) is 2. The number of aromatic nitrogens is 10. The molecule has 0 spiro atoms. The first-order valence-electron chi connectivity index (χ1n) is 26.2. The van der Waals surface area contributed by atoms with Gasteiger partial charge in [-0.15, -0.1) is 10.2 Å². The van der Waals surface area contributed by atoms with Crippen molar-refractivity contribution in [2.45, 2.75) is 90.5 Å². The Kier molecular flexibility index (Phi) is 13.4. The van der Waals surface area contributed by atoms with Gasteiger partial charge in [-0.3, -0.25) is 9.97 Å². The van der Waals surface area contributed by atoms with Crippen LogP contribution in [0.4, 0.5) is 8.78 Å². The molecule has 2 unspecified atom stereocenters. The van der Waals surface area contributed by atoms with E-state index in [0.717, 1.165) is 104 Å². The Balaban J connectivity index is 0.000000162. The number of halogens is 2. The molecule has 2 atom stereocenters. The Bertz CT molecular complexity index is 3460. The average molecular weight is 1030 g/mol. The Hall–Kier alpha value is -7.24. The highest BCUT2D eigenvalue weighted by Crippen LogP contribution is 2.46. The minimum atomic E-state index is -1.34. The van der Waals surface area contributed by atoms with Crippen LogP contribution in [0.15, 0.2) is 109 Å². The fraction of sp³-hybridized carbons (Fsp3) is 0.367. The van der Waals surface area contributed by atoms with Crippen molar-refractivity contribution in [1.82, 2.24) is 49.1 Å². The molecule has 0 amide bonds. The van der Waals surface area contributed by atoms with E-state index in [1.165, 1.54) is 0 Å². The van der Waals surface area contributed by atoms with Gasteiger partial charge in [-0.05, 0) is 102 Å². The van der Waals surface area contributed by atoms with Gasteiger partial charge in [-0.25, -0.2) is 18.1 Å². The molecule has 2 aliphatic rings. The van der Waals surface area contributed by atoms with Gasteiger partial charge in [-0.1, -0.05) is 95.4 Å². The van der Waals surface area contributed by atoms with E-state index in [9.17, 15) is 10.2 Å². The normalized spacial score (nSPS) is 15.9. The highest BCUT2D eigenvalue weighted by Gasteiger charge is 2.36. The van der Waals surface area contributed by atoms with Crippen molar-refractivity contribution in [3.63, 3.8) is 0 Å². The van der Waals surface area contributed by atoms with Crippen LogP contribution >= 0.6 is 0 Å². The van der Waals surface area contributed by atoms with Crippen LogP contribution in [-0.2, 0) is 34.8 Å². The molecule has 14 nitrogen and oxygen atoms in total. The molecule has 0 radical (unpaired) electrons. The number of pyridine rings is 2. The first-order valence-corrected chi connectivity index (χ1v) is 26.2. The number of aryl methyl sites for hydroxylation is 4. The Labute approximate surface area is 439 Å². The van der Waals surface area contributed by atoms with Gasteiger partial charge in [0.05, 0.1) is 79.2 Å². The summed E-state index contributed by atoms with van der Waals surface area (Å²) < 4.78 is 52.3. The van der Waals surface area contributed by atoms with Crippen molar-refractivity contribution in [3.05, 3.63) is 155 Å². The SMILES string of the molecule is Cc1nnn(C)c1-c1cnc2c3ccc(C(C)(C)O)c(F)c3n(C(c3ccccc3)C3CCOCC3)c2c1.Cc1nnn(C)c1-c1cnc2c3ccc(C(C)(C)O)c(F)c3n(C(c3ccccc3)C3CCOCC3)c2c1. The maximum atomic E-state index is 16.6. The minimum Gasteiger partial charge on any atom is -0.386 e. The number of ether oxygens (including phenoxy) is 2. The quantitative estimate of drug-likeness (QED) is 0.135. The molecule has 2 fully saturated rings. The van der Waals surface area contributed by atoms with Crippen LogP contribution in [-0.4, -0.2) is 85.7 Å². The van der Waals surface area contributed by atoms with Crippen molar-refractivity contribution in [1.29, 1.82) is 0 Å². The van der Waals surface area contributed by atoms with Crippen LogP contribution in [0, 0.1) is 37.3 Å². The van der Waals surface area contributed by atoms with E-state index in [4.69, 9.17) is 19.4 Å². The number of fused-ring (bicyclic) bond motifs is 6. The van der Waals surface area contributed by atoms with E-state index in [-0.39, 0.29) is 35.0 Å².